The number of aliphatic hydroxyl groups is 2. The van der Waals surface area contributed by atoms with Crippen molar-refractivity contribution >= 4 is 0 Å². The van der Waals surface area contributed by atoms with Crippen LogP contribution < -0.4 is 0 Å². The van der Waals surface area contributed by atoms with Gasteiger partial charge >= 0.3 is 0 Å². The molecule has 0 heterocycles. The number of aliphatic hydroxyl groups excluding tert-OH is 2. The molecule has 0 aliphatic rings. The van der Waals surface area contributed by atoms with E-state index in [1.807, 2.05) is 20.8 Å². The minimum absolute atomic E-state index is 0.140. The first-order valence-electron chi connectivity index (χ1n) is 8.29. The molecule has 1 unspecified atom stereocenters. The normalized spacial score (nSPS) is 11.9. The first kappa shape index (κ1) is 24.0. The Morgan fingerprint density at radius 1 is 0.727 bits per heavy atom. The second-order valence-corrected chi connectivity index (χ2v) is 4.66. The molecule has 22 heavy (non-hydrogen) atoms. The van der Waals surface area contributed by atoms with Crippen LogP contribution in [0.25, 0.3) is 0 Å². The zero-order valence-electron chi connectivity index (χ0n) is 14.6. The van der Waals surface area contributed by atoms with Crippen molar-refractivity contribution in [2.24, 2.45) is 0 Å². The highest BCUT2D eigenvalue weighted by molar-refractivity contribution is 4.46. The number of ether oxygens (including phenoxy) is 4. The van der Waals surface area contributed by atoms with Crippen molar-refractivity contribution in [3.63, 3.8) is 0 Å². The topological polar surface area (TPSA) is 77.4 Å². The Morgan fingerprint density at radius 3 is 1.86 bits per heavy atom. The van der Waals surface area contributed by atoms with Gasteiger partial charge in [-0.3, -0.25) is 0 Å². The lowest BCUT2D eigenvalue weighted by atomic mass is 10.4. The fourth-order valence-corrected chi connectivity index (χ4v) is 1.36. The van der Waals surface area contributed by atoms with E-state index in [2.05, 4.69) is 0 Å². The van der Waals surface area contributed by atoms with Crippen LogP contribution in [0.4, 0.5) is 0 Å². The molecule has 0 amide bonds. The van der Waals surface area contributed by atoms with Crippen LogP contribution in [-0.2, 0) is 18.9 Å². The Hall–Kier alpha value is -0.240. The van der Waals surface area contributed by atoms with Gasteiger partial charge in [-0.2, -0.15) is 0 Å². The molecule has 0 radical (unpaired) electrons. The standard InChI is InChI=1S/2C8H18O3/c1-3-10-7-8(2)11-6-4-5-9;1-2-10-7-4-8-11-6-3-5-9/h8-9H,3-7H2,1-2H3;9H,2-8H2,1H3. The van der Waals surface area contributed by atoms with Crippen molar-refractivity contribution in [3.8, 4) is 0 Å². The van der Waals surface area contributed by atoms with Crippen LogP contribution in [0.15, 0.2) is 0 Å². The zero-order chi connectivity index (χ0) is 16.9. The Kier molecular flexibility index (Phi) is 25.1. The van der Waals surface area contributed by atoms with Crippen LogP contribution in [0.5, 0.6) is 0 Å². The summed E-state index contributed by atoms with van der Waals surface area (Å²) in [5.41, 5.74) is 0. The Balaban J connectivity index is 0. The van der Waals surface area contributed by atoms with Crippen molar-refractivity contribution in [1.29, 1.82) is 0 Å². The van der Waals surface area contributed by atoms with Gasteiger partial charge in [0.15, 0.2) is 0 Å². The average Bonchev–Trinajstić information content (AvgIpc) is 2.53. The summed E-state index contributed by atoms with van der Waals surface area (Å²) in [6, 6.07) is 0. The van der Waals surface area contributed by atoms with Crippen molar-refractivity contribution in [3.05, 3.63) is 0 Å². The third kappa shape index (κ3) is 24.8. The highest BCUT2D eigenvalue weighted by Gasteiger charge is 1.99. The van der Waals surface area contributed by atoms with Crippen molar-refractivity contribution in [2.75, 3.05) is 59.5 Å². The SMILES string of the molecule is CCOCC(C)OCCCO.CCOCCCOCCCO. The molecule has 1 atom stereocenters. The Labute approximate surface area is 135 Å². The van der Waals surface area contributed by atoms with Crippen molar-refractivity contribution in [1.82, 2.24) is 0 Å². The molecule has 0 fully saturated rings. The van der Waals surface area contributed by atoms with Crippen LogP contribution in [0.1, 0.15) is 40.0 Å². The van der Waals surface area contributed by atoms with E-state index in [4.69, 9.17) is 29.2 Å². The molecule has 0 bridgehead atoms. The lowest BCUT2D eigenvalue weighted by Gasteiger charge is -2.11. The maximum atomic E-state index is 8.44. The highest BCUT2D eigenvalue weighted by atomic mass is 16.5. The van der Waals surface area contributed by atoms with Gasteiger partial charge in [-0.25, -0.2) is 0 Å². The molecule has 6 nitrogen and oxygen atoms in total. The van der Waals surface area contributed by atoms with Crippen molar-refractivity contribution < 1.29 is 29.2 Å². The smallest absolute Gasteiger partial charge is 0.0780 e. The Morgan fingerprint density at radius 2 is 1.27 bits per heavy atom. The molecule has 0 aliphatic carbocycles. The Bertz CT molecular complexity index is 172. The van der Waals surface area contributed by atoms with E-state index < -0.39 is 0 Å². The van der Waals surface area contributed by atoms with E-state index >= 15 is 0 Å². The maximum Gasteiger partial charge on any atom is 0.0780 e. The zero-order valence-corrected chi connectivity index (χ0v) is 14.6. The summed E-state index contributed by atoms with van der Waals surface area (Å²) in [7, 11) is 0. The summed E-state index contributed by atoms with van der Waals surface area (Å²) >= 11 is 0. The number of rotatable bonds is 15. The predicted octanol–water partition coefficient (Wildman–Crippen LogP) is 1.62. The minimum Gasteiger partial charge on any atom is -0.396 e. The molecule has 6 heteroatoms. The van der Waals surface area contributed by atoms with Gasteiger partial charge in [0.2, 0.25) is 0 Å². The minimum atomic E-state index is 0.140. The number of hydrogen-bond acceptors (Lipinski definition) is 6. The molecular formula is C16H36O6. The molecular weight excluding hydrogens is 288 g/mol. The van der Waals surface area contributed by atoms with Crippen molar-refractivity contribution in [2.45, 2.75) is 46.1 Å². The molecule has 0 aromatic rings. The monoisotopic (exact) mass is 324 g/mol. The average molecular weight is 324 g/mol. The summed E-state index contributed by atoms with van der Waals surface area (Å²) in [4.78, 5) is 0. The maximum absolute atomic E-state index is 8.44. The van der Waals surface area contributed by atoms with Gasteiger partial charge < -0.3 is 29.2 Å². The third-order valence-electron chi connectivity index (χ3n) is 2.49. The van der Waals surface area contributed by atoms with Gasteiger partial charge in [0.05, 0.1) is 12.7 Å². The summed E-state index contributed by atoms with van der Waals surface area (Å²) in [5.74, 6) is 0. The van der Waals surface area contributed by atoms with E-state index in [-0.39, 0.29) is 19.3 Å². The highest BCUT2D eigenvalue weighted by Crippen LogP contribution is 1.93. The van der Waals surface area contributed by atoms with Crippen LogP contribution in [0.3, 0.4) is 0 Å². The quantitative estimate of drug-likeness (QED) is 0.446. The number of hydrogen-bond donors (Lipinski definition) is 2. The molecule has 0 saturated heterocycles. The predicted molar refractivity (Wildman–Crippen MR) is 87.2 cm³/mol. The summed E-state index contributed by atoms with van der Waals surface area (Å²) < 4.78 is 20.7. The van der Waals surface area contributed by atoms with E-state index in [1.165, 1.54) is 0 Å². The summed E-state index contributed by atoms with van der Waals surface area (Å²) in [6.07, 6.45) is 2.52. The molecule has 0 rings (SSSR count). The first-order valence-corrected chi connectivity index (χ1v) is 8.29. The summed E-state index contributed by atoms with van der Waals surface area (Å²) in [5, 5.41) is 16.8. The second-order valence-electron chi connectivity index (χ2n) is 4.66. The lowest BCUT2D eigenvalue weighted by Crippen LogP contribution is -2.16. The molecule has 136 valence electrons. The van der Waals surface area contributed by atoms with Gasteiger partial charge in [-0.1, -0.05) is 0 Å². The van der Waals surface area contributed by atoms with Gasteiger partial charge in [-0.15, -0.1) is 0 Å². The van der Waals surface area contributed by atoms with Gasteiger partial charge in [0, 0.05) is 52.9 Å². The van der Waals surface area contributed by atoms with Crippen LogP contribution in [0, 0.1) is 0 Å². The van der Waals surface area contributed by atoms with E-state index in [0.717, 1.165) is 39.3 Å². The molecule has 0 saturated carbocycles. The fourth-order valence-electron chi connectivity index (χ4n) is 1.36. The van der Waals surface area contributed by atoms with Crippen LogP contribution in [-0.4, -0.2) is 75.8 Å². The van der Waals surface area contributed by atoms with Crippen LogP contribution >= 0.6 is 0 Å². The van der Waals surface area contributed by atoms with Crippen LogP contribution in [0.2, 0.25) is 0 Å². The van der Waals surface area contributed by atoms with E-state index in [1.54, 1.807) is 0 Å². The van der Waals surface area contributed by atoms with E-state index in [9.17, 15) is 0 Å². The van der Waals surface area contributed by atoms with E-state index in [0.29, 0.717) is 26.2 Å². The molecule has 0 aromatic heterocycles. The van der Waals surface area contributed by atoms with Gasteiger partial charge in [-0.05, 0) is 40.0 Å². The first-order chi connectivity index (χ1) is 10.7. The second kappa shape index (κ2) is 23.0. The molecule has 0 aromatic carbocycles. The lowest BCUT2D eigenvalue weighted by molar-refractivity contribution is -0.00737. The fraction of sp³-hybridized carbons (Fsp3) is 1.00. The van der Waals surface area contributed by atoms with Gasteiger partial charge in [0.1, 0.15) is 0 Å². The molecule has 0 aliphatic heterocycles. The summed E-state index contributed by atoms with van der Waals surface area (Å²) in [6.45, 7) is 11.2. The third-order valence-corrected chi connectivity index (χ3v) is 2.49. The van der Waals surface area contributed by atoms with Gasteiger partial charge in [0.25, 0.3) is 0 Å². The molecule has 2 N–H and O–H groups in total. The molecule has 0 spiro atoms. The largest absolute Gasteiger partial charge is 0.396 e.